The third kappa shape index (κ3) is 2.43. The van der Waals surface area contributed by atoms with Crippen molar-refractivity contribution in [2.24, 2.45) is 0 Å². The number of hydrogen-bond acceptors (Lipinski definition) is 3. The summed E-state index contributed by atoms with van der Waals surface area (Å²) in [6, 6.07) is 0.336. The highest BCUT2D eigenvalue weighted by Crippen LogP contribution is 2.24. The Morgan fingerprint density at radius 2 is 2.14 bits per heavy atom. The van der Waals surface area contributed by atoms with Crippen molar-refractivity contribution in [2.45, 2.75) is 25.1 Å². The lowest BCUT2D eigenvalue weighted by Crippen LogP contribution is -2.49. The van der Waals surface area contributed by atoms with Crippen molar-refractivity contribution in [3.05, 3.63) is 0 Å². The van der Waals surface area contributed by atoms with Gasteiger partial charge in [-0.3, -0.25) is 4.90 Å². The predicted molar refractivity (Wildman–Crippen MR) is 55.2 cm³/mol. The largest absolute Gasteiger partial charge is 0.314 e. The van der Waals surface area contributed by atoms with Crippen LogP contribution in [-0.4, -0.2) is 55.9 Å². The molecule has 3 nitrogen and oxygen atoms in total. The molecule has 2 fully saturated rings. The van der Waals surface area contributed by atoms with Crippen LogP contribution in [0.2, 0.25) is 0 Å². The van der Waals surface area contributed by atoms with Crippen LogP contribution in [0.3, 0.4) is 0 Å². The maximum Gasteiger partial charge on any atom is 0.137 e. The van der Waals surface area contributed by atoms with Crippen LogP contribution < -0.4 is 10.6 Å². The number of piperazine rings is 1. The molecule has 0 bridgehead atoms. The Morgan fingerprint density at radius 1 is 1.43 bits per heavy atom. The van der Waals surface area contributed by atoms with Gasteiger partial charge in [0.2, 0.25) is 0 Å². The molecule has 0 saturated carbocycles. The van der Waals surface area contributed by atoms with Gasteiger partial charge in [-0.2, -0.15) is 0 Å². The van der Waals surface area contributed by atoms with Crippen molar-refractivity contribution >= 4 is 0 Å². The zero-order valence-electron chi connectivity index (χ0n) is 8.85. The fourth-order valence-corrected chi connectivity index (χ4v) is 2.44. The molecule has 82 valence electrons. The van der Waals surface area contributed by atoms with Crippen LogP contribution in [0.25, 0.3) is 0 Å². The number of rotatable bonds is 2. The molecular weight excluding hydrogens is 181 g/mol. The molecule has 0 radical (unpaired) electrons. The topological polar surface area (TPSA) is 27.3 Å². The molecule has 0 amide bonds. The van der Waals surface area contributed by atoms with E-state index in [2.05, 4.69) is 22.5 Å². The fraction of sp³-hybridized carbons (Fsp3) is 1.00. The molecule has 2 aliphatic heterocycles. The number of hydrogen-bond donors (Lipinski definition) is 2. The van der Waals surface area contributed by atoms with Crippen LogP contribution in [0.4, 0.5) is 4.39 Å². The smallest absolute Gasteiger partial charge is 0.137 e. The maximum absolute atomic E-state index is 14.2. The van der Waals surface area contributed by atoms with Gasteiger partial charge in [-0.25, -0.2) is 4.39 Å². The Labute approximate surface area is 85.0 Å². The zero-order valence-corrected chi connectivity index (χ0v) is 8.85. The molecule has 0 aromatic carbocycles. The summed E-state index contributed by atoms with van der Waals surface area (Å²) in [5.41, 5.74) is -0.989. The van der Waals surface area contributed by atoms with E-state index < -0.39 is 5.67 Å². The first kappa shape index (κ1) is 10.3. The highest BCUT2D eigenvalue weighted by molar-refractivity contribution is 4.95. The summed E-state index contributed by atoms with van der Waals surface area (Å²) in [4.78, 5) is 2.23. The first-order valence-corrected chi connectivity index (χ1v) is 5.53. The summed E-state index contributed by atoms with van der Waals surface area (Å²) in [5.74, 6) is 0. The maximum atomic E-state index is 14.2. The molecule has 14 heavy (non-hydrogen) atoms. The van der Waals surface area contributed by atoms with E-state index in [0.717, 1.165) is 26.2 Å². The summed E-state index contributed by atoms with van der Waals surface area (Å²) < 4.78 is 14.2. The molecule has 2 N–H and O–H groups in total. The number of alkyl halides is 1. The SMILES string of the molecule is C[C@@H]1C[C@](F)(CN2CCNCC2)CN1. The van der Waals surface area contributed by atoms with E-state index in [0.29, 0.717) is 25.6 Å². The van der Waals surface area contributed by atoms with Crippen LogP contribution in [0.1, 0.15) is 13.3 Å². The number of nitrogens with one attached hydrogen (secondary N) is 2. The van der Waals surface area contributed by atoms with Gasteiger partial charge in [0.1, 0.15) is 5.67 Å². The van der Waals surface area contributed by atoms with Crippen molar-refractivity contribution in [1.29, 1.82) is 0 Å². The molecule has 2 atom stereocenters. The second kappa shape index (κ2) is 4.13. The van der Waals surface area contributed by atoms with Crippen LogP contribution in [0.5, 0.6) is 0 Å². The van der Waals surface area contributed by atoms with Crippen LogP contribution in [-0.2, 0) is 0 Å². The second-order valence-electron chi connectivity index (χ2n) is 4.66. The molecule has 0 spiro atoms. The Kier molecular flexibility index (Phi) is 3.04. The molecule has 2 rings (SSSR count). The fourth-order valence-electron chi connectivity index (χ4n) is 2.44. The van der Waals surface area contributed by atoms with Gasteiger partial charge in [0.05, 0.1) is 0 Å². The third-order valence-electron chi connectivity index (χ3n) is 3.16. The summed E-state index contributed by atoms with van der Waals surface area (Å²) >= 11 is 0. The zero-order chi connectivity index (χ0) is 10.0. The van der Waals surface area contributed by atoms with Crippen molar-refractivity contribution in [3.8, 4) is 0 Å². The van der Waals surface area contributed by atoms with E-state index >= 15 is 0 Å². The van der Waals surface area contributed by atoms with Gasteiger partial charge >= 0.3 is 0 Å². The Hall–Kier alpha value is -0.190. The lowest BCUT2D eigenvalue weighted by Gasteiger charge is -2.32. The average molecular weight is 201 g/mol. The monoisotopic (exact) mass is 201 g/mol. The van der Waals surface area contributed by atoms with Gasteiger partial charge in [-0.05, 0) is 13.3 Å². The molecule has 0 aromatic rings. The Bertz CT molecular complexity index is 194. The minimum Gasteiger partial charge on any atom is -0.314 e. The standard InChI is InChI=1S/C10H20FN3/c1-9-6-10(11,7-13-9)8-14-4-2-12-3-5-14/h9,12-13H,2-8H2,1H3/t9-,10-/m1/s1. The Balaban J connectivity index is 1.83. The molecule has 0 unspecified atom stereocenters. The molecule has 2 heterocycles. The third-order valence-corrected chi connectivity index (χ3v) is 3.16. The molecular formula is C10H20FN3. The van der Waals surface area contributed by atoms with E-state index in [1.54, 1.807) is 0 Å². The quantitative estimate of drug-likeness (QED) is 0.657. The van der Waals surface area contributed by atoms with Gasteiger partial charge in [-0.15, -0.1) is 0 Å². The van der Waals surface area contributed by atoms with Crippen molar-refractivity contribution in [2.75, 3.05) is 39.3 Å². The average Bonchev–Trinajstić information content (AvgIpc) is 2.47. The first-order chi connectivity index (χ1) is 6.68. The minimum atomic E-state index is -0.989. The van der Waals surface area contributed by atoms with Crippen LogP contribution >= 0.6 is 0 Å². The number of halogens is 1. The van der Waals surface area contributed by atoms with Gasteiger partial charge in [0.15, 0.2) is 0 Å². The van der Waals surface area contributed by atoms with E-state index in [1.165, 1.54) is 0 Å². The minimum absolute atomic E-state index is 0.336. The summed E-state index contributed by atoms with van der Waals surface area (Å²) in [7, 11) is 0. The second-order valence-corrected chi connectivity index (χ2v) is 4.66. The molecule has 0 aromatic heterocycles. The predicted octanol–water partition coefficient (Wildman–Crippen LogP) is -0.0183. The number of nitrogens with zero attached hydrogens (tertiary/aromatic N) is 1. The first-order valence-electron chi connectivity index (χ1n) is 5.53. The van der Waals surface area contributed by atoms with E-state index in [-0.39, 0.29) is 0 Å². The van der Waals surface area contributed by atoms with E-state index in [4.69, 9.17) is 0 Å². The van der Waals surface area contributed by atoms with Crippen molar-refractivity contribution in [1.82, 2.24) is 15.5 Å². The van der Waals surface area contributed by atoms with Gasteiger partial charge < -0.3 is 10.6 Å². The normalized spacial score (nSPS) is 40.3. The van der Waals surface area contributed by atoms with Crippen molar-refractivity contribution in [3.63, 3.8) is 0 Å². The Morgan fingerprint density at radius 3 is 2.71 bits per heavy atom. The van der Waals surface area contributed by atoms with E-state index in [9.17, 15) is 4.39 Å². The molecule has 2 saturated heterocycles. The molecule has 2 aliphatic rings. The van der Waals surface area contributed by atoms with Gasteiger partial charge in [0.25, 0.3) is 0 Å². The van der Waals surface area contributed by atoms with Crippen LogP contribution in [0, 0.1) is 0 Å². The lowest BCUT2D eigenvalue weighted by atomic mass is 10.0. The summed E-state index contributed by atoms with van der Waals surface area (Å²) in [6.07, 6.45) is 0.664. The molecule has 0 aliphatic carbocycles. The van der Waals surface area contributed by atoms with Crippen LogP contribution in [0.15, 0.2) is 0 Å². The van der Waals surface area contributed by atoms with Gasteiger partial charge in [0, 0.05) is 45.3 Å². The molecule has 4 heteroatoms. The van der Waals surface area contributed by atoms with E-state index in [1.807, 2.05) is 0 Å². The lowest BCUT2D eigenvalue weighted by molar-refractivity contribution is 0.0994. The highest BCUT2D eigenvalue weighted by Gasteiger charge is 2.38. The summed E-state index contributed by atoms with van der Waals surface area (Å²) in [5, 5.41) is 6.46. The van der Waals surface area contributed by atoms with Crippen molar-refractivity contribution < 1.29 is 4.39 Å². The summed E-state index contributed by atoms with van der Waals surface area (Å²) in [6.45, 7) is 7.15. The highest BCUT2D eigenvalue weighted by atomic mass is 19.1. The van der Waals surface area contributed by atoms with Gasteiger partial charge in [-0.1, -0.05) is 0 Å².